The van der Waals surface area contributed by atoms with E-state index in [1.165, 1.54) is 0 Å². The topological polar surface area (TPSA) is 60.5 Å². The number of thiocarbonyl (C=S) groups is 1. The van der Waals surface area contributed by atoms with Crippen LogP contribution in [0.25, 0.3) is 10.9 Å². The number of amides is 1. The maximum Gasteiger partial charge on any atom is 0.220 e. The van der Waals surface area contributed by atoms with Crippen molar-refractivity contribution in [3.8, 4) is 5.75 Å². The van der Waals surface area contributed by atoms with Crippen LogP contribution in [-0.4, -0.2) is 40.1 Å². The van der Waals surface area contributed by atoms with E-state index in [2.05, 4.69) is 27.8 Å². The number of ether oxygens (including phenoxy) is 1. The van der Waals surface area contributed by atoms with E-state index >= 15 is 0 Å². The van der Waals surface area contributed by atoms with E-state index < -0.39 is 0 Å². The molecule has 0 bridgehead atoms. The number of nitrogens with zero attached hydrogens (tertiary/aromatic N) is 2. The number of benzene rings is 2. The number of carbonyl (C=O) groups is 1. The lowest BCUT2D eigenvalue weighted by Crippen LogP contribution is -2.41. The van der Waals surface area contributed by atoms with E-state index in [9.17, 15) is 4.79 Å². The minimum absolute atomic E-state index is 0.0365. The summed E-state index contributed by atoms with van der Waals surface area (Å²) in [6.07, 6.45) is 3.65. The summed E-state index contributed by atoms with van der Waals surface area (Å²) in [4.78, 5) is 14.5. The quantitative estimate of drug-likeness (QED) is 0.635. The second-order valence-electron chi connectivity index (χ2n) is 7.38. The van der Waals surface area contributed by atoms with Gasteiger partial charge in [-0.05, 0) is 31.0 Å². The third-order valence-electron chi connectivity index (χ3n) is 5.55. The number of carbonyl (C=O) groups excluding carboxylic acids is 1. The Morgan fingerprint density at radius 3 is 2.48 bits per heavy atom. The van der Waals surface area contributed by atoms with Crippen LogP contribution in [0.1, 0.15) is 18.4 Å². The number of likely N-dealkylation sites (tertiary alicyclic amines) is 1. The third-order valence-corrected chi connectivity index (χ3v) is 6.03. The van der Waals surface area contributed by atoms with E-state index in [0.717, 1.165) is 59.7 Å². The van der Waals surface area contributed by atoms with Gasteiger partial charge in [0.1, 0.15) is 17.3 Å². The highest BCUT2D eigenvalue weighted by Gasteiger charge is 2.26. The highest BCUT2D eigenvalue weighted by molar-refractivity contribution is 7.80. The molecule has 5 nitrogen and oxygen atoms in total. The standard InChI is InChI=1S/C23H25N3O2S/c24-22(27)17-10-12-25(13-11-17)23(29)20-16-26(21-9-5-4-8-19(20)21)14-15-28-18-6-2-1-3-7-18/h1-9,16-17H,10-15H2,(H2,24,27). The molecule has 6 heteroatoms. The summed E-state index contributed by atoms with van der Waals surface area (Å²) in [5, 5.41) is 1.15. The SMILES string of the molecule is NC(=O)C1CCN(C(=S)c2cn(CCOc3ccccc3)c3ccccc23)CC1. The summed E-state index contributed by atoms with van der Waals surface area (Å²) in [6, 6.07) is 18.2. The van der Waals surface area contributed by atoms with Gasteiger partial charge in [-0.15, -0.1) is 0 Å². The van der Waals surface area contributed by atoms with Crippen molar-refractivity contribution in [2.24, 2.45) is 11.7 Å². The van der Waals surface area contributed by atoms with Gasteiger partial charge in [-0.25, -0.2) is 0 Å². The van der Waals surface area contributed by atoms with Crippen molar-refractivity contribution in [1.29, 1.82) is 0 Å². The molecule has 150 valence electrons. The third kappa shape index (κ3) is 4.27. The zero-order valence-electron chi connectivity index (χ0n) is 16.3. The molecular formula is C23H25N3O2S. The molecule has 2 N–H and O–H groups in total. The Hall–Kier alpha value is -2.86. The van der Waals surface area contributed by atoms with Gasteiger partial charge in [-0.3, -0.25) is 4.79 Å². The molecular weight excluding hydrogens is 382 g/mol. The average Bonchev–Trinajstić information content (AvgIpc) is 3.13. The van der Waals surface area contributed by atoms with Gasteiger partial charge in [0.2, 0.25) is 5.91 Å². The zero-order chi connectivity index (χ0) is 20.2. The highest BCUT2D eigenvalue weighted by atomic mass is 32.1. The van der Waals surface area contributed by atoms with Gasteiger partial charge in [0.15, 0.2) is 0 Å². The predicted molar refractivity (Wildman–Crippen MR) is 119 cm³/mol. The molecule has 0 saturated carbocycles. The molecule has 0 atom stereocenters. The minimum atomic E-state index is -0.203. The number of fused-ring (bicyclic) bond motifs is 1. The zero-order valence-corrected chi connectivity index (χ0v) is 17.1. The van der Waals surface area contributed by atoms with Gasteiger partial charge in [0.25, 0.3) is 0 Å². The lowest BCUT2D eigenvalue weighted by molar-refractivity contribution is -0.122. The van der Waals surface area contributed by atoms with Gasteiger partial charge in [0.05, 0.1) is 6.54 Å². The number of primary amides is 1. The first-order valence-corrected chi connectivity index (χ1v) is 10.4. The van der Waals surface area contributed by atoms with Gasteiger partial charge in [-0.1, -0.05) is 48.6 Å². The first kappa shape index (κ1) is 19.5. The van der Waals surface area contributed by atoms with Crippen LogP contribution in [0.3, 0.4) is 0 Å². The van der Waals surface area contributed by atoms with Gasteiger partial charge in [0, 0.05) is 41.7 Å². The van der Waals surface area contributed by atoms with E-state index in [0.29, 0.717) is 6.61 Å². The number of piperidine rings is 1. The maximum absolute atomic E-state index is 11.4. The van der Waals surface area contributed by atoms with Crippen molar-refractivity contribution in [2.75, 3.05) is 19.7 Å². The number of para-hydroxylation sites is 2. The summed E-state index contributed by atoms with van der Waals surface area (Å²) in [6.45, 7) is 2.85. The van der Waals surface area contributed by atoms with E-state index in [1.807, 2.05) is 42.5 Å². The van der Waals surface area contributed by atoms with Crippen molar-refractivity contribution in [2.45, 2.75) is 19.4 Å². The Kier molecular flexibility index (Phi) is 5.81. The number of rotatable bonds is 6. The van der Waals surface area contributed by atoms with Crippen molar-refractivity contribution in [3.63, 3.8) is 0 Å². The molecule has 1 amide bonds. The summed E-state index contributed by atoms with van der Waals surface area (Å²) >= 11 is 5.84. The van der Waals surface area contributed by atoms with Crippen molar-refractivity contribution in [3.05, 3.63) is 66.4 Å². The van der Waals surface area contributed by atoms with Crippen LogP contribution >= 0.6 is 12.2 Å². The number of nitrogens with two attached hydrogens (primary N) is 1. The van der Waals surface area contributed by atoms with Crippen LogP contribution in [0, 0.1) is 5.92 Å². The Balaban J connectivity index is 1.50. The molecule has 0 unspecified atom stereocenters. The van der Waals surface area contributed by atoms with Crippen molar-refractivity contribution < 1.29 is 9.53 Å². The van der Waals surface area contributed by atoms with Gasteiger partial charge >= 0.3 is 0 Å². The summed E-state index contributed by atoms with van der Waals surface area (Å²) < 4.78 is 8.08. The van der Waals surface area contributed by atoms with Crippen molar-refractivity contribution in [1.82, 2.24) is 9.47 Å². The molecule has 1 saturated heterocycles. The fraction of sp³-hybridized carbons (Fsp3) is 0.304. The number of aromatic nitrogens is 1. The Morgan fingerprint density at radius 1 is 1.07 bits per heavy atom. The average molecular weight is 408 g/mol. The molecule has 1 aromatic heterocycles. The monoisotopic (exact) mass is 407 g/mol. The van der Waals surface area contributed by atoms with E-state index in [-0.39, 0.29) is 11.8 Å². The fourth-order valence-electron chi connectivity index (χ4n) is 3.92. The molecule has 1 fully saturated rings. The minimum Gasteiger partial charge on any atom is -0.492 e. The molecule has 3 aromatic rings. The molecule has 4 rings (SSSR count). The Morgan fingerprint density at radius 2 is 1.76 bits per heavy atom. The van der Waals surface area contributed by atoms with Crippen LogP contribution < -0.4 is 10.5 Å². The first-order valence-electron chi connectivity index (χ1n) is 9.98. The van der Waals surface area contributed by atoms with Gasteiger partial charge < -0.3 is 19.9 Å². The number of hydrogen-bond acceptors (Lipinski definition) is 3. The largest absolute Gasteiger partial charge is 0.492 e. The van der Waals surface area contributed by atoms with Crippen LogP contribution in [0.4, 0.5) is 0 Å². The molecule has 0 aliphatic carbocycles. The number of hydrogen-bond donors (Lipinski definition) is 1. The molecule has 2 aromatic carbocycles. The molecule has 29 heavy (non-hydrogen) atoms. The molecule has 0 spiro atoms. The lowest BCUT2D eigenvalue weighted by atomic mass is 9.96. The Bertz CT molecular complexity index is 1010. The molecule has 1 aliphatic rings. The highest BCUT2D eigenvalue weighted by Crippen LogP contribution is 2.26. The van der Waals surface area contributed by atoms with Crippen LogP contribution in [0.2, 0.25) is 0 Å². The van der Waals surface area contributed by atoms with E-state index in [1.54, 1.807) is 0 Å². The predicted octanol–water partition coefficient (Wildman–Crippen LogP) is 3.59. The first-order chi connectivity index (χ1) is 14.1. The maximum atomic E-state index is 11.4. The molecule has 1 aliphatic heterocycles. The normalized spacial score (nSPS) is 14.8. The van der Waals surface area contributed by atoms with E-state index in [4.69, 9.17) is 22.7 Å². The van der Waals surface area contributed by atoms with Crippen molar-refractivity contribution >= 4 is 34.0 Å². The molecule has 0 radical (unpaired) electrons. The molecule has 2 heterocycles. The van der Waals surface area contributed by atoms with Crippen LogP contribution in [0.5, 0.6) is 5.75 Å². The lowest BCUT2D eigenvalue weighted by Gasteiger charge is -2.32. The Labute approximate surface area is 176 Å². The summed E-state index contributed by atoms with van der Waals surface area (Å²) in [7, 11) is 0. The summed E-state index contributed by atoms with van der Waals surface area (Å²) in [5.74, 6) is 0.633. The second-order valence-corrected chi connectivity index (χ2v) is 7.77. The van der Waals surface area contributed by atoms with Crippen LogP contribution in [0.15, 0.2) is 60.8 Å². The fourth-order valence-corrected chi connectivity index (χ4v) is 4.26. The summed E-state index contributed by atoms with van der Waals surface area (Å²) in [5.41, 5.74) is 7.67. The smallest absolute Gasteiger partial charge is 0.220 e. The van der Waals surface area contributed by atoms with Crippen LogP contribution in [-0.2, 0) is 11.3 Å². The second kappa shape index (κ2) is 8.66. The van der Waals surface area contributed by atoms with Gasteiger partial charge in [-0.2, -0.15) is 0 Å².